The minimum atomic E-state index is 0.364. The van der Waals surface area contributed by atoms with Crippen molar-refractivity contribution in [1.82, 2.24) is 0 Å². The van der Waals surface area contributed by atoms with Crippen LogP contribution in [0.2, 0.25) is 10.0 Å². The molecule has 0 N–H and O–H groups in total. The van der Waals surface area contributed by atoms with Crippen LogP contribution >= 0.6 is 39.1 Å². The van der Waals surface area contributed by atoms with Crippen molar-refractivity contribution in [3.8, 4) is 0 Å². The third-order valence-corrected chi connectivity index (χ3v) is 4.79. The maximum Gasteiger partial charge on any atom is 0.0439 e. The van der Waals surface area contributed by atoms with Crippen LogP contribution in [0.4, 0.5) is 0 Å². The summed E-state index contributed by atoms with van der Waals surface area (Å²) in [7, 11) is 0. The minimum Gasteiger partial charge on any atom is -0.0890 e. The monoisotopic (exact) mass is 320 g/mol. The second kappa shape index (κ2) is 4.88. The first kappa shape index (κ1) is 12.7. The fourth-order valence-electron chi connectivity index (χ4n) is 2.54. The molecule has 0 amide bonds. The molecule has 0 saturated heterocycles. The highest BCUT2D eigenvalue weighted by molar-refractivity contribution is 9.09. The molecule has 1 fully saturated rings. The predicted molar refractivity (Wildman–Crippen MR) is 74.8 cm³/mol. The van der Waals surface area contributed by atoms with Crippen molar-refractivity contribution in [3.05, 3.63) is 33.8 Å². The summed E-state index contributed by atoms with van der Waals surface area (Å²) in [4.78, 5) is 0.662. The smallest absolute Gasteiger partial charge is 0.0439 e. The Bertz CT molecular complexity index is 392. The second-order valence-electron chi connectivity index (χ2n) is 5.06. The van der Waals surface area contributed by atoms with Gasteiger partial charge in [-0.05, 0) is 54.9 Å². The lowest BCUT2D eigenvalue weighted by Gasteiger charge is -2.24. The van der Waals surface area contributed by atoms with Crippen LogP contribution in [-0.4, -0.2) is 4.83 Å². The highest BCUT2D eigenvalue weighted by Gasteiger charge is 2.34. The van der Waals surface area contributed by atoms with E-state index in [1.807, 2.05) is 18.2 Å². The Morgan fingerprint density at radius 1 is 1.44 bits per heavy atom. The van der Waals surface area contributed by atoms with Gasteiger partial charge in [0.1, 0.15) is 0 Å². The van der Waals surface area contributed by atoms with E-state index in [1.165, 1.54) is 24.8 Å². The molecule has 3 heteroatoms. The van der Waals surface area contributed by atoms with Gasteiger partial charge >= 0.3 is 0 Å². The van der Waals surface area contributed by atoms with Crippen LogP contribution in [-0.2, 0) is 6.42 Å². The van der Waals surface area contributed by atoms with Gasteiger partial charge in [0.2, 0.25) is 0 Å². The molecule has 1 aromatic rings. The van der Waals surface area contributed by atoms with Gasteiger partial charge in [-0.2, -0.15) is 0 Å². The molecule has 0 heterocycles. The van der Waals surface area contributed by atoms with Crippen LogP contribution in [0.25, 0.3) is 0 Å². The van der Waals surface area contributed by atoms with E-state index >= 15 is 0 Å². The van der Waals surface area contributed by atoms with Crippen LogP contribution in [0.5, 0.6) is 0 Å². The largest absolute Gasteiger partial charge is 0.0890 e. The van der Waals surface area contributed by atoms with Gasteiger partial charge in [-0.25, -0.2) is 0 Å². The van der Waals surface area contributed by atoms with Gasteiger partial charge in [0.05, 0.1) is 0 Å². The SMILES string of the molecule is CC1(Cc2cc(Cl)ccc2Cl)CCC(Br)C1. The van der Waals surface area contributed by atoms with E-state index in [-0.39, 0.29) is 0 Å². The molecule has 16 heavy (non-hydrogen) atoms. The summed E-state index contributed by atoms with van der Waals surface area (Å²) < 4.78 is 0. The highest BCUT2D eigenvalue weighted by Crippen LogP contribution is 2.44. The molecule has 0 aliphatic heterocycles. The molecule has 2 unspecified atom stereocenters. The molecule has 1 aliphatic rings. The normalized spacial score (nSPS) is 29.6. The van der Waals surface area contributed by atoms with Gasteiger partial charge in [-0.1, -0.05) is 46.1 Å². The van der Waals surface area contributed by atoms with Gasteiger partial charge in [-0.3, -0.25) is 0 Å². The fraction of sp³-hybridized carbons (Fsp3) is 0.538. The molecular formula is C13H15BrCl2. The van der Waals surface area contributed by atoms with Crippen molar-refractivity contribution in [1.29, 1.82) is 0 Å². The molecule has 0 bridgehead atoms. The maximum atomic E-state index is 6.20. The zero-order valence-electron chi connectivity index (χ0n) is 9.27. The number of halogens is 3. The van der Waals surface area contributed by atoms with E-state index in [2.05, 4.69) is 22.9 Å². The summed E-state index contributed by atoms with van der Waals surface area (Å²) in [6.45, 7) is 2.34. The van der Waals surface area contributed by atoms with Crippen molar-refractivity contribution in [2.24, 2.45) is 5.41 Å². The molecule has 0 aromatic heterocycles. The lowest BCUT2D eigenvalue weighted by Crippen LogP contribution is -2.15. The van der Waals surface area contributed by atoms with Gasteiger partial charge < -0.3 is 0 Å². The van der Waals surface area contributed by atoms with Gasteiger partial charge in [-0.15, -0.1) is 0 Å². The molecule has 1 aromatic carbocycles. The summed E-state index contributed by atoms with van der Waals surface area (Å²) >= 11 is 15.9. The molecule has 0 radical (unpaired) electrons. The highest BCUT2D eigenvalue weighted by atomic mass is 79.9. The topological polar surface area (TPSA) is 0 Å². The summed E-state index contributed by atoms with van der Waals surface area (Å²) in [5.41, 5.74) is 1.54. The number of hydrogen-bond acceptors (Lipinski definition) is 0. The van der Waals surface area contributed by atoms with Crippen LogP contribution in [0, 0.1) is 5.41 Å². The van der Waals surface area contributed by atoms with E-state index in [4.69, 9.17) is 23.2 Å². The first-order valence-corrected chi connectivity index (χ1v) is 7.24. The number of hydrogen-bond donors (Lipinski definition) is 0. The molecule has 1 saturated carbocycles. The van der Waals surface area contributed by atoms with Crippen molar-refractivity contribution >= 4 is 39.1 Å². The minimum absolute atomic E-state index is 0.364. The summed E-state index contributed by atoms with van der Waals surface area (Å²) in [5, 5.41) is 1.61. The Balaban J connectivity index is 2.17. The third kappa shape index (κ3) is 2.94. The second-order valence-corrected chi connectivity index (χ2v) is 7.20. The first-order chi connectivity index (χ1) is 7.48. The third-order valence-electron chi connectivity index (χ3n) is 3.40. The van der Waals surface area contributed by atoms with Gasteiger partial charge in [0, 0.05) is 14.9 Å². The standard InChI is InChI=1S/C13H15BrCl2/c1-13(5-4-10(14)8-13)7-9-6-11(15)2-3-12(9)16/h2-3,6,10H,4-5,7-8H2,1H3. The Kier molecular flexibility index (Phi) is 3.88. The lowest BCUT2D eigenvalue weighted by molar-refractivity contribution is 0.336. The molecule has 0 nitrogen and oxygen atoms in total. The maximum absolute atomic E-state index is 6.20. The van der Waals surface area contributed by atoms with E-state index < -0.39 is 0 Å². The zero-order valence-corrected chi connectivity index (χ0v) is 12.4. The van der Waals surface area contributed by atoms with E-state index in [0.29, 0.717) is 10.2 Å². The molecular weight excluding hydrogens is 307 g/mol. The van der Waals surface area contributed by atoms with E-state index in [0.717, 1.165) is 16.5 Å². The van der Waals surface area contributed by atoms with Gasteiger partial charge in [0.15, 0.2) is 0 Å². The molecule has 2 atom stereocenters. The summed E-state index contributed by atoms with van der Waals surface area (Å²) in [5.74, 6) is 0. The van der Waals surface area contributed by atoms with Crippen molar-refractivity contribution in [2.75, 3.05) is 0 Å². The van der Waals surface area contributed by atoms with Crippen molar-refractivity contribution < 1.29 is 0 Å². The quantitative estimate of drug-likeness (QED) is 0.632. The number of rotatable bonds is 2. The Hall–Kier alpha value is 0.280. The van der Waals surface area contributed by atoms with Crippen LogP contribution in [0.3, 0.4) is 0 Å². The fourth-order valence-corrected chi connectivity index (χ4v) is 3.93. The molecule has 1 aliphatic carbocycles. The zero-order chi connectivity index (χ0) is 11.8. The predicted octanol–water partition coefficient (Wildman–Crippen LogP) is 5.49. The summed E-state index contributed by atoms with van der Waals surface area (Å²) in [6, 6.07) is 5.73. The van der Waals surface area contributed by atoms with Crippen molar-refractivity contribution in [2.45, 2.75) is 37.4 Å². The molecule has 88 valence electrons. The van der Waals surface area contributed by atoms with Crippen LogP contribution < -0.4 is 0 Å². The average Bonchev–Trinajstić information content (AvgIpc) is 2.52. The molecule has 0 spiro atoms. The lowest BCUT2D eigenvalue weighted by atomic mass is 9.82. The van der Waals surface area contributed by atoms with Gasteiger partial charge in [0.25, 0.3) is 0 Å². The first-order valence-electron chi connectivity index (χ1n) is 5.56. The average molecular weight is 322 g/mol. The summed E-state index contributed by atoms with van der Waals surface area (Å²) in [6.07, 6.45) is 4.75. The van der Waals surface area contributed by atoms with E-state index in [9.17, 15) is 0 Å². The van der Waals surface area contributed by atoms with Crippen molar-refractivity contribution in [3.63, 3.8) is 0 Å². The Morgan fingerprint density at radius 3 is 2.81 bits per heavy atom. The Labute approximate surface area is 115 Å². The Morgan fingerprint density at radius 2 is 2.19 bits per heavy atom. The van der Waals surface area contributed by atoms with E-state index in [1.54, 1.807) is 0 Å². The number of alkyl halides is 1. The molecule has 2 rings (SSSR count). The van der Waals surface area contributed by atoms with Crippen LogP contribution in [0.1, 0.15) is 31.7 Å². The number of benzene rings is 1. The van der Waals surface area contributed by atoms with Crippen LogP contribution in [0.15, 0.2) is 18.2 Å².